The van der Waals surface area contributed by atoms with Crippen LogP contribution >= 0.6 is 0 Å². The predicted molar refractivity (Wildman–Crippen MR) is 156 cm³/mol. The Bertz CT molecular complexity index is 1280. The zero-order valence-corrected chi connectivity index (χ0v) is 25.1. The van der Waals surface area contributed by atoms with Crippen LogP contribution in [0.25, 0.3) is 0 Å². The average molecular weight is 634 g/mol. The molecule has 17 nitrogen and oxygen atoms in total. The summed E-state index contributed by atoms with van der Waals surface area (Å²) in [6.07, 6.45) is -1.53. The number of amides is 7. The van der Waals surface area contributed by atoms with Gasteiger partial charge in [-0.05, 0) is 25.3 Å². The van der Waals surface area contributed by atoms with Gasteiger partial charge in [0.05, 0.1) is 12.8 Å². The molecule has 17 heteroatoms. The van der Waals surface area contributed by atoms with Gasteiger partial charge < -0.3 is 47.0 Å². The van der Waals surface area contributed by atoms with E-state index in [4.69, 9.17) is 0 Å². The third-order valence-corrected chi connectivity index (χ3v) is 6.98. The molecule has 0 spiro atoms. The maximum absolute atomic E-state index is 13.8. The van der Waals surface area contributed by atoms with Crippen LogP contribution < -0.4 is 31.9 Å². The fourth-order valence-corrected chi connectivity index (χ4v) is 4.45. The second kappa shape index (κ2) is 17.2. The van der Waals surface area contributed by atoms with Gasteiger partial charge in [-0.15, -0.1) is 0 Å². The number of hydrogen-bond acceptors (Lipinski definition) is 8. The van der Waals surface area contributed by atoms with Crippen LogP contribution in [0.3, 0.4) is 0 Å². The lowest BCUT2D eigenvalue weighted by atomic mass is 10.0. The van der Waals surface area contributed by atoms with E-state index in [0.29, 0.717) is 5.56 Å². The molecule has 0 radical (unpaired) electrons. The van der Waals surface area contributed by atoms with Crippen molar-refractivity contribution in [3.63, 3.8) is 0 Å². The first-order chi connectivity index (χ1) is 21.2. The lowest BCUT2D eigenvalue weighted by Gasteiger charge is -2.32. The SMILES string of the molecule is CNC(=O)NCCCC1NC(=O)[C@@H](C)NC(=O)C[C@@H](C(=O)O)NC(=O)C[C@@H](C(=O)O)NC(=O)C(Cc2ccccc2)N(C)C1=O. The topological polar surface area (TPSA) is 252 Å². The highest BCUT2D eigenvalue weighted by Gasteiger charge is 2.36. The quantitative estimate of drug-likeness (QED) is 0.142. The highest BCUT2D eigenvalue weighted by molar-refractivity contribution is 5.97. The molecular weight excluding hydrogens is 594 g/mol. The molecule has 246 valence electrons. The van der Waals surface area contributed by atoms with Crippen LogP contribution in [-0.2, 0) is 40.0 Å². The number of benzene rings is 1. The number of aliphatic carboxylic acids is 2. The molecule has 1 aliphatic rings. The molecular formula is C28H39N7O10. The zero-order valence-electron chi connectivity index (χ0n) is 25.1. The second-order valence-corrected chi connectivity index (χ2v) is 10.4. The number of likely N-dealkylation sites (N-methyl/N-ethyl adjacent to an activating group) is 1. The van der Waals surface area contributed by atoms with Crippen molar-refractivity contribution in [2.75, 3.05) is 20.6 Å². The first kappa shape index (κ1) is 36.0. The molecule has 2 unspecified atom stereocenters. The van der Waals surface area contributed by atoms with E-state index in [1.807, 2.05) is 0 Å². The molecule has 0 aliphatic carbocycles. The number of rotatable bonds is 8. The fraction of sp³-hybridized carbons (Fsp3) is 0.500. The molecule has 1 aliphatic heterocycles. The summed E-state index contributed by atoms with van der Waals surface area (Å²) in [5.41, 5.74) is 0.615. The lowest BCUT2D eigenvalue weighted by Crippen LogP contribution is -2.58. The maximum Gasteiger partial charge on any atom is 0.326 e. The zero-order chi connectivity index (χ0) is 33.7. The normalized spacial score (nSPS) is 23.8. The summed E-state index contributed by atoms with van der Waals surface area (Å²) in [4.78, 5) is 102. The van der Waals surface area contributed by atoms with Gasteiger partial charge in [0, 0.05) is 27.1 Å². The third-order valence-electron chi connectivity index (χ3n) is 6.98. The van der Waals surface area contributed by atoms with Gasteiger partial charge in [-0.1, -0.05) is 30.3 Å². The Kier molecular flexibility index (Phi) is 13.7. The summed E-state index contributed by atoms with van der Waals surface area (Å²) in [6, 6.07) is 0.666. The van der Waals surface area contributed by atoms with Crippen molar-refractivity contribution in [2.45, 2.75) is 69.2 Å². The molecule has 2 rings (SSSR count). The number of carbonyl (C=O) groups excluding carboxylic acids is 6. The number of urea groups is 1. The summed E-state index contributed by atoms with van der Waals surface area (Å²) in [6.45, 7) is 1.43. The van der Waals surface area contributed by atoms with Crippen molar-refractivity contribution in [1.29, 1.82) is 0 Å². The monoisotopic (exact) mass is 633 g/mol. The van der Waals surface area contributed by atoms with Crippen LogP contribution in [-0.4, -0.2) is 113 Å². The maximum atomic E-state index is 13.8. The Morgan fingerprint density at radius 3 is 2.02 bits per heavy atom. The van der Waals surface area contributed by atoms with Crippen molar-refractivity contribution in [3.05, 3.63) is 35.9 Å². The molecule has 0 bridgehead atoms. The summed E-state index contributed by atoms with van der Waals surface area (Å²) in [7, 11) is 2.72. The van der Waals surface area contributed by atoms with E-state index < -0.39 is 90.6 Å². The van der Waals surface area contributed by atoms with Gasteiger partial charge in [0.1, 0.15) is 30.2 Å². The van der Waals surface area contributed by atoms with E-state index >= 15 is 0 Å². The minimum absolute atomic E-state index is 0.00346. The molecule has 0 saturated carbocycles. The van der Waals surface area contributed by atoms with Crippen LogP contribution in [0.15, 0.2) is 30.3 Å². The highest BCUT2D eigenvalue weighted by atomic mass is 16.4. The average Bonchev–Trinajstić information content (AvgIpc) is 2.99. The van der Waals surface area contributed by atoms with Gasteiger partial charge >= 0.3 is 18.0 Å². The van der Waals surface area contributed by atoms with Gasteiger partial charge in [0.15, 0.2) is 0 Å². The minimum atomic E-state index is -1.82. The number of nitrogens with zero attached hydrogens (tertiary/aromatic N) is 1. The molecule has 1 aromatic rings. The minimum Gasteiger partial charge on any atom is -0.480 e. The van der Waals surface area contributed by atoms with Crippen LogP contribution in [0.2, 0.25) is 0 Å². The molecule has 5 atom stereocenters. The molecule has 7 amide bonds. The number of hydrogen-bond donors (Lipinski definition) is 8. The Labute approximate surface area is 258 Å². The third kappa shape index (κ3) is 11.4. The van der Waals surface area contributed by atoms with E-state index in [1.54, 1.807) is 30.3 Å². The van der Waals surface area contributed by atoms with Crippen molar-refractivity contribution in [1.82, 2.24) is 36.8 Å². The number of carboxylic acid groups (broad SMARTS) is 2. The van der Waals surface area contributed by atoms with E-state index in [0.717, 1.165) is 4.90 Å². The molecule has 1 saturated heterocycles. The molecule has 0 aromatic heterocycles. The summed E-state index contributed by atoms with van der Waals surface area (Å²) in [5, 5.41) is 33.4. The first-order valence-electron chi connectivity index (χ1n) is 14.1. The van der Waals surface area contributed by atoms with Gasteiger partial charge in [0.25, 0.3) is 0 Å². The first-order valence-corrected chi connectivity index (χ1v) is 14.1. The van der Waals surface area contributed by atoms with E-state index in [9.17, 15) is 48.6 Å². The van der Waals surface area contributed by atoms with Gasteiger partial charge in [0.2, 0.25) is 29.5 Å². The summed E-state index contributed by atoms with van der Waals surface area (Å²) >= 11 is 0. The number of nitrogens with one attached hydrogen (secondary N) is 6. The Morgan fingerprint density at radius 2 is 1.44 bits per heavy atom. The molecule has 8 N–H and O–H groups in total. The smallest absolute Gasteiger partial charge is 0.326 e. The van der Waals surface area contributed by atoms with E-state index in [1.165, 1.54) is 21.0 Å². The van der Waals surface area contributed by atoms with Gasteiger partial charge in [-0.25, -0.2) is 14.4 Å². The number of carboxylic acids is 2. The van der Waals surface area contributed by atoms with Gasteiger partial charge in [-0.2, -0.15) is 0 Å². The van der Waals surface area contributed by atoms with Crippen molar-refractivity contribution < 1.29 is 48.6 Å². The summed E-state index contributed by atoms with van der Waals surface area (Å²) in [5.74, 6) is -7.64. The molecule has 1 fully saturated rings. The Balaban J connectivity index is 2.51. The van der Waals surface area contributed by atoms with Crippen LogP contribution in [0.1, 0.15) is 38.2 Å². The van der Waals surface area contributed by atoms with Crippen molar-refractivity contribution in [2.24, 2.45) is 0 Å². The molecule has 1 aromatic carbocycles. The highest BCUT2D eigenvalue weighted by Crippen LogP contribution is 2.13. The standard InChI is InChI=1S/C28H39N7O10/c1-15-23(38)33-17(10-7-11-30-28(45)29-2)25(40)35(3)20(12-16-8-5-4-6-9-16)24(39)34-19(27(43)44)14-22(37)32-18(26(41)42)13-21(36)31-15/h4-6,8-9,15,17-20H,7,10-14H2,1-3H3,(H,31,36)(H,32,37)(H,33,38)(H,34,39)(H,41,42)(H,43,44)(H2,29,30,45)/t15-,17?,18+,19+,20?/m1/s1. The summed E-state index contributed by atoms with van der Waals surface area (Å²) < 4.78 is 0. The van der Waals surface area contributed by atoms with Crippen LogP contribution in [0.4, 0.5) is 4.79 Å². The Morgan fingerprint density at radius 1 is 0.867 bits per heavy atom. The number of carbonyl (C=O) groups is 8. The van der Waals surface area contributed by atoms with Crippen molar-refractivity contribution in [3.8, 4) is 0 Å². The van der Waals surface area contributed by atoms with Crippen LogP contribution in [0, 0.1) is 0 Å². The second-order valence-electron chi connectivity index (χ2n) is 10.4. The predicted octanol–water partition coefficient (Wildman–Crippen LogP) is -2.31. The van der Waals surface area contributed by atoms with Gasteiger partial charge in [-0.3, -0.25) is 24.0 Å². The lowest BCUT2D eigenvalue weighted by molar-refractivity contribution is -0.147. The fourth-order valence-electron chi connectivity index (χ4n) is 4.45. The van der Waals surface area contributed by atoms with E-state index in [2.05, 4.69) is 31.9 Å². The molecule has 1 heterocycles. The van der Waals surface area contributed by atoms with Crippen LogP contribution in [0.5, 0.6) is 0 Å². The van der Waals surface area contributed by atoms with Crippen molar-refractivity contribution >= 4 is 47.5 Å². The van der Waals surface area contributed by atoms with E-state index in [-0.39, 0.29) is 25.8 Å². The largest absolute Gasteiger partial charge is 0.480 e. The molecule has 45 heavy (non-hydrogen) atoms. The Hall–Kier alpha value is -5.22.